The Morgan fingerprint density at radius 3 is 2.44 bits per heavy atom. The molecule has 0 aliphatic carbocycles. The molecule has 0 aliphatic rings. The molecule has 1 rings (SSSR count). The molecular formula is C15H25NO2. The van der Waals surface area contributed by atoms with Gasteiger partial charge in [0.1, 0.15) is 0 Å². The summed E-state index contributed by atoms with van der Waals surface area (Å²) in [5, 5.41) is 3.47. The van der Waals surface area contributed by atoms with Crippen LogP contribution in [0.2, 0.25) is 0 Å². The van der Waals surface area contributed by atoms with Crippen molar-refractivity contribution >= 4 is 0 Å². The normalized spacial score (nSPS) is 14.0. The van der Waals surface area contributed by atoms with Crippen LogP contribution in [0.4, 0.5) is 0 Å². The van der Waals surface area contributed by atoms with Crippen molar-refractivity contribution in [2.75, 3.05) is 13.7 Å². The van der Waals surface area contributed by atoms with E-state index in [0.29, 0.717) is 6.04 Å². The lowest BCUT2D eigenvalue weighted by atomic mass is 10.1. The minimum atomic E-state index is 0.167. The molecule has 0 aromatic heterocycles. The van der Waals surface area contributed by atoms with E-state index < -0.39 is 0 Å². The Morgan fingerprint density at radius 1 is 1.17 bits per heavy atom. The number of para-hydroxylation sites is 2. The van der Waals surface area contributed by atoms with Crippen LogP contribution < -0.4 is 14.8 Å². The van der Waals surface area contributed by atoms with Crippen LogP contribution in [-0.2, 0) is 0 Å². The molecule has 0 heterocycles. The van der Waals surface area contributed by atoms with Gasteiger partial charge in [0.15, 0.2) is 11.5 Å². The van der Waals surface area contributed by atoms with Gasteiger partial charge in [-0.2, -0.15) is 0 Å². The first-order valence-corrected chi connectivity index (χ1v) is 6.70. The average molecular weight is 251 g/mol. The fourth-order valence-electron chi connectivity index (χ4n) is 1.95. The zero-order valence-electron chi connectivity index (χ0n) is 11.9. The van der Waals surface area contributed by atoms with E-state index in [-0.39, 0.29) is 6.10 Å². The van der Waals surface area contributed by atoms with Crippen LogP contribution in [0.5, 0.6) is 11.5 Å². The molecule has 0 aliphatic heterocycles. The van der Waals surface area contributed by atoms with Gasteiger partial charge in [-0.3, -0.25) is 0 Å². The molecule has 102 valence electrons. The summed E-state index contributed by atoms with van der Waals surface area (Å²) in [5.41, 5.74) is 0. The fourth-order valence-corrected chi connectivity index (χ4v) is 1.95. The van der Waals surface area contributed by atoms with Gasteiger partial charge in [0.25, 0.3) is 0 Å². The van der Waals surface area contributed by atoms with Crippen LogP contribution in [0.15, 0.2) is 24.3 Å². The third kappa shape index (κ3) is 4.96. The third-order valence-electron chi connectivity index (χ3n) is 2.83. The molecule has 0 amide bonds. The van der Waals surface area contributed by atoms with Crippen molar-refractivity contribution in [1.29, 1.82) is 0 Å². The summed E-state index contributed by atoms with van der Waals surface area (Å²) in [6.07, 6.45) is 2.31. The van der Waals surface area contributed by atoms with E-state index in [1.807, 2.05) is 24.3 Å². The highest BCUT2D eigenvalue weighted by Crippen LogP contribution is 2.27. The van der Waals surface area contributed by atoms with Crippen molar-refractivity contribution < 1.29 is 9.47 Å². The molecule has 0 fully saturated rings. The summed E-state index contributed by atoms with van der Waals surface area (Å²) < 4.78 is 11.2. The van der Waals surface area contributed by atoms with Gasteiger partial charge < -0.3 is 14.8 Å². The Balaban J connectivity index is 2.46. The fraction of sp³-hybridized carbons (Fsp3) is 0.600. The molecule has 1 aromatic carbocycles. The van der Waals surface area contributed by atoms with Crippen molar-refractivity contribution in [2.24, 2.45) is 0 Å². The van der Waals surface area contributed by atoms with Crippen LogP contribution in [-0.4, -0.2) is 25.8 Å². The van der Waals surface area contributed by atoms with Gasteiger partial charge in [0.2, 0.25) is 0 Å². The summed E-state index contributed by atoms with van der Waals surface area (Å²) in [4.78, 5) is 0. The lowest BCUT2D eigenvalue weighted by Gasteiger charge is -2.20. The van der Waals surface area contributed by atoms with Crippen molar-refractivity contribution in [2.45, 2.75) is 45.8 Å². The van der Waals surface area contributed by atoms with Gasteiger partial charge in [-0.25, -0.2) is 0 Å². The molecular weight excluding hydrogens is 226 g/mol. The highest BCUT2D eigenvalue weighted by Gasteiger charge is 2.11. The summed E-state index contributed by atoms with van der Waals surface area (Å²) in [6, 6.07) is 8.24. The average Bonchev–Trinajstić information content (AvgIpc) is 2.36. The van der Waals surface area contributed by atoms with E-state index in [0.717, 1.165) is 30.9 Å². The Hall–Kier alpha value is -1.22. The number of nitrogens with one attached hydrogen (secondary N) is 1. The minimum absolute atomic E-state index is 0.167. The molecule has 0 radical (unpaired) electrons. The second-order valence-corrected chi connectivity index (χ2v) is 4.67. The van der Waals surface area contributed by atoms with E-state index in [4.69, 9.17) is 9.47 Å². The molecule has 2 atom stereocenters. The molecule has 1 N–H and O–H groups in total. The maximum atomic E-state index is 5.92. The summed E-state index contributed by atoms with van der Waals surface area (Å²) in [5.74, 6) is 1.61. The standard InChI is InChI=1S/C15H25NO2/c1-5-10-16-12(2)11-13(3)18-15-9-7-6-8-14(15)17-4/h6-9,12-13,16H,5,10-11H2,1-4H3. The zero-order chi connectivity index (χ0) is 13.4. The smallest absolute Gasteiger partial charge is 0.161 e. The zero-order valence-corrected chi connectivity index (χ0v) is 11.9. The van der Waals surface area contributed by atoms with Crippen LogP contribution in [0.25, 0.3) is 0 Å². The highest BCUT2D eigenvalue weighted by molar-refractivity contribution is 5.39. The van der Waals surface area contributed by atoms with E-state index in [2.05, 4.69) is 26.1 Å². The van der Waals surface area contributed by atoms with E-state index >= 15 is 0 Å². The molecule has 2 unspecified atom stereocenters. The molecule has 1 aromatic rings. The van der Waals surface area contributed by atoms with Crippen LogP contribution >= 0.6 is 0 Å². The summed E-state index contributed by atoms with van der Waals surface area (Å²) >= 11 is 0. The predicted octanol–water partition coefficient (Wildman–Crippen LogP) is 3.24. The molecule has 18 heavy (non-hydrogen) atoms. The molecule has 3 nitrogen and oxygen atoms in total. The van der Waals surface area contributed by atoms with Gasteiger partial charge in [-0.05, 0) is 45.4 Å². The number of hydrogen-bond acceptors (Lipinski definition) is 3. The molecule has 0 spiro atoms. The van der Waals surface area contributed by atoms with Gasteiger partial charge in [0, 0.05) is 6.04 Å². The first kappa shape index (κ1) is 14.8. The van der Waals surface area contributed by atoms with E-state index in [9.17, 15) is 0 Å². The quantitative estimate of drug-likeness (QED) is 0.769. The van der Waals surface area contributed by atoms with Crippen molar-refractivity contribution in [3.8, 4) is 11.5 Å². The summed E-state index contributed by atoms with van der Waals surface area (Å²) in [6.45, 7) is 7.52. The topological polar surface area (TPSA) is 30.5 Å². The van der Waals surface area contributed by atoms with E-state index in [1.54, 1.807) is 7.11 Å². The molecule has 3 heteroatoms. The second-order valence-electron chi connectivity index (χ2n) is 4.67. The summed E-state index contributed by atoms with van der Waals surface area (Å²) in [7, 11) is 1.66. The first-order chi connectivity index (χ1) is 8.67. The number of hydrogen-bond donors (Lipinski definition) is 1. The Kier molecular flexibility index (Phi) is 6.58. The Bertz CT molecular complexity index is 341. The third-order valence-corrected chi connectivity index (χ3v) is 2.83. The predicted molar refractivity (Wildman–Crippen MR) is 75.5 cm³/mol. The van der Waals surface area contributed by atoms with Gasteiger partial charge in [-0.1, -0.05) is 19.1 Å². The van der Waals surface area contributed by atoms with Gasteiger partial charge in [-0.15, -0.1) is 0 Å². The van der Waals surface area contributed by atoms with Gasteiger partial charge >= 0.3 is 0 Å². The molecule has 0 bridgehead atoms. The first-order valence-electron chi connectivity index (χ1n) is 6.70. The van der Waals surface area contributed by atoms with Crippen molar-refractivity contribution in [1.82, 2.24) is 5.32 Å². The van der Waals surface area contributed by atoms with Crippen LogP contribution in [0.1, 0.15) is 33.6 Å². The van der Waals surface area contributed by atoms with Crippen molar-refractivity contribution in [3.63, 3.8) is 0 Å². The number of ether oxygens (including phenoxy) is 2. The lowest BCUT2D eigenvalue weighted by molar-refractivity contribution is 0.188. The van der Waals surface area contributed by atoms with Crippen LogP contribution in [0.3, 0.4) is 0 Å². The monoisotopic (exact) mass is 251 g/mol. The number of benzene rings is 1. The molecule has 0 saturated heterocycles. The van der Waals surface area contributed by atoms with Crippen LogP contribution in [0, 0.1) is 0 Å². The van der Waals surface area contributed by atoms with E-state index in [1.165, 1.54) is 0 Å². The highest BCUT2D eigenvalue weighted by atomic mass is 16.5. The minimum Gasteiger partial charge on any atom is -0.493 e. The van der Waals surface area contributed by atoms with Gasteiger partial charge in [0.05, 0.1) is 13.2 Å². The largest absolute Gasteiger partial charge is 0.493 e. The maximum absolute atomic E-state index is 5.92. The van der Waals surface area contributed by atoms with Crippen molar-refractivity contribution in [3.05, 3.63) is 24.3 Å². The Morgan fingerprint density at radius 2 is 1.83 bits per heavy atom. The molecule has 0 saturated carbocycles. The Labute approximate surface area is 110 Å². The lowest BCUT2D eigenvalue weighted by Crippen LogP contribution is -2.31. The second kappa shape index (κ2) is 7.98. The number of methoxy groups -OCH3 is 1. The SMILES string of the molecule is CCCNC(C)CC(C)Oc1ccccc1OC. The maximum Gasteiger partial charge on any atom is 0.161 e. The number of rotatable bonds is 8.